The minimum absolute atomic E-state index is 0.0131. The molecule has 1 aliphatic rings. The number of fused-ring (bicyclic) bond motifs is 1. The zero-order chi connectivity index (χ0) is 29.9. The number of amides is 2. The zero-order valence-corrected chi connectivity index (χ0v) is 23.8. The molecule has 0 atom stereocenters. The van der Waals surface area contributed by atoms with Crippen LogP contribution in [0.3, 0.4) is 0 Å². The molecule has 2 amide bonds. The Hall–Kier alpha value is -5.09. The maximum atomic E-state index is 15.3. The van der Waals surface area contributed by atoms with Gasteiger partial charge in [0.25, 0.3) is 0 Å². The molecule has 10 heteroatoms. The Morgan fingerprint density at radius 2 is 1.67 bits per heavy atom. The number of ether oxygens (including phenoxy) is 1. The topological polar surface area (TPSA) is 110 Å². The van der Waals surface area contributed by atoms with Crippen LogP contribution in [0, 0.1) is 12.7 Å². The third kappa shape index (κ3) is 6.39. The fourth-order valence-corrected chi connectivity index (χ4v) is 5.03. The van der Waals surface area contributed by atoms with E-state index in [0.29, 0.717) is 55.3 Å². The van der Waals surface area contributed by atoms with E-state index in [0.717, 1.165) is 33.9 Å². The van der Waals surface area contributed by atoms with Gasteiger partial charge in [0.15, 0.2) is 5.82 Å². The Balaban J connectivity index is 1.27. The normalized spacial score (nSPS) is 13.2. The lowest BCUT2D eigenvalue weighted by molar-refractivity contribution is -0.116. The number of nitrogens with one attached hydrogen (secondary N) is 2. The number of furan rings is 1. The van der Waals surface area contributed by atoms with Gasteiger partial charge in [-0.3, -0.25) is 4.79 Å². The molecule has 0 aliphatic carbocycles. The number of carbonyl (C=O) groups excluding carboxylic acids is 2. The molecule has 0 spiro atoms. The number of aromatic nitrogens is 2. The van der Waals surface area contributed by atoms with E-state index in [4.69, 9.17) is 19.1 Å². The van der Waals surface area contributed by atoms with Crippen molar-refractivity contribution in [1.82, 2.24) is 9.97 Å². The molecule has 0 radical (unpaired) electrons. The average molecular weight is 580 g/mol. The molecule has 0 unspecified atom stereocenters. The van der Waals surface area contributed by atoms with Crippen molar-refractivity contribution in [2.75, 3.05) is 41.8 Å². The summed E-state index contributed by atoms with van der Waals surface area (Å²) in [6.45, 7) is 5.95. The van der Waals surface area contributed by atoms with Crippen molar-refractivity contribution in [2.24, 2.45) is 0 Å². The molecular formula is C33H30FN5O4. The first-order valence-corrected chi connectivity index (χ1v) is 14.0. The molecule has 1 saturated heterocycles. The Bertz CT molecular complexity index is 1810. The number of hydrogen-bond donors (Lipinski definition) is 2. The van der Waals surface area contributed by atoms with Crippen LogP contribution in [0.25, 0.3) is 33.6 Å². The average Bonchev–Trinajstić information content (AvgIpc) is 3.44. The van der Waals surface area contributed by atoms with Gasteiger partial charge < -0.3 is 24.7 Å². The van der Waals surface area contributed by atoms with E-state index in [2.05, 4.69) is 15.5 Å². The zero-order valence-electron chi connectivity index (χ0n) is 23.8. The second kappa shape index (κ2) is 12.0. The summed E-state index contributed by atoms with van der Waals surface area (Å²) in [5.41, 5.74) is 3.43. The van der Waals surface area contributed by atoms with Gasteiger partial charge in [0.1, 0.15) is 28.9 Å². The van der Waals surface area contributed by atoms with E-state index >= 15 is 4.39 Å². The number of carbonyl (C=O) groups is 2. The number of aryl methyl sites for hydroxylation is 1. The van der Waals surface area contributed by atoms with Gasteiger partial charge in [-0.05, 0) is 74.0 Å². The smallest absolute Gasteiger partial charge is 0.323 e. The summed E-state index contributed by atoms with van der Waals surface area (Å²) in [6, 6.07) is 20.6. The molecule has 1 aliphatic heterocycles. The fraction of sp³-hybridized carbons (Fsp3) is 0.212. The molecule has 2 N–H and O–H groups in total. The molecule has 2 aromatic heterocycles. The lowest BCUT2D eigenvalue weighted by Gasteiger charge is -2.29. The molecule has 218 valence electrons. The molecule has 0 saturated carbocycles. The number of Topliss-reactive ketones (excluding diaryl/α,β-unsaturated/α-hetero) is 1. The molecule has 43 heavy (non-hydrogen) atoms. The van der Waals surface area contributed by atoms with Crippen LogP contribution in [0.15, 0.2) is 77.2 Å². The summed E-state index contributed by atoms with van der Waals surface area (Å²) < 4.78 is 26.7. The van der Waals surface area contributed by atoms with Gasteiger partial charge in [0, 0.05) is 41.7 Å². The standard InChI is InChI=1S/C33H30FN5O4/c1-20(40)17-22-4-8-25(9-5-22)35-33(41)37-28-11-7-24(18-27(28)34)31-36-29-19-23(30-12-3-21(2)43-30)6-10-26(29)32(38-31)39-13-15-42-16-14-39/h3-12,18-19H,13-17H2,1-2H3,(H2,35,37,41). The summed E-state index contributed by atoms with van der Waals surface area (Å²) >= 11 is 0. The van der Waals surface area contributed by atoms with Crippen molar-refractivity contribution < 1.29 is 23.1 Å². The maximum Gasteiger partial charge on any atom is 0.323 e. The van der Waals surface area contributed by atoms with E-state index in [-0.39, 0.29) is 11.5 Å². The molecule has 6 rings (SSSR count). The van der Waals surface area contributed by atoms with Crippen molar-refractivity contribution in [3.63, 3.8) is 0 Å². The highest BCUT2D eigenvalue weighted by molar-refractivity contribution is 6.00. The first kappa shape index (κ1) is 28.0. The summed E-state index contributed by atoms with van der Waals surface area (Å²) in [5, 5.41) is 6.11. The van der Waals surface area contributed by atoms with Crippen LogP contribution in [0.1, 0.15) is 18.2 Å². The number of hydrogen-bond acceptors (Lipinski definition) is 7. The largest absolute Gasteiger partial charge is 0.461 e. The van der Waals surface area contributed by atoms with Crippen LogP contribution >= 0.6 is 0 Å². The number of halogens is 1. The van der Waals surface area contributed by atoms with Gasteiger partial charge in [-0.15, -0.1) is 0 Å². The molecule has 0 bridgehead atoms. The molecule has 5 aromatic rings. The van der Waals surface area contributed by atoms with Crippen LogP contribution in [-0.4, -0.2) is 48.1 Å². The Kier molecular flexibility index (Phi) is 7.84. The van der Waals surface area contributed by atoms with E-state index in [1.807, 2.05) is 37.3 Å². The second-order valence-electron chi connectivity index (χ2n) is 10.5. The van der Waals surface area contributed by atoms with E-state index in [1.165, 1.54) is 19.1 Å². The lowest BCUT2D eigenvalue weighted by atomic mass is 10.1. The predicted molar refractivity (Wildman–Crippen MR) is 164 cm³/mol. The summed E-state index contributed by atoms with van der Waals surface area (Å²) in [4.78, 5) is 35.7. The van der Waals surface area contributed by atoms with Crippen LogP contribution in [0.2, 0.25) is 0 Å². The number of ketones is 1. The third-order valence-corrected chi connectivity index (χ3v) is 7.15. The van der Waals surface area contributed by atoms with E-state index in [1.54, 1.807) is 30.3 Å². The molecular weight excluding hydrogens is 549 g/mol. The SMILES string of the molecule is CC(=O)Cc1ccc(NC(=O)Nc2ccc(-c3nc(N4CCOCC4)c4ccc(-c5ccc(C)o5)cc4n3)cc2F)cc1. The van der Waals surface area contributed by atoms with Gasteiger partial charge in [-0.2, -0.15) is 0 Å². The monoisotopic (exact) mass is 579 g/mol. The Morgan fingerprint density at radius 1 is 0.907 bits per heavy atom. The minimum Gasteiger partial charge on any atom is -0.461 e. The van der Waals surface area contributed by atoms with Crippen LogP contribution in [0.5, 0.6) is 0 Å². The molecule has 9 nitrogen and oxygen atoms in total. The molecule has 3 heterocycles. The predicted octanol–water partition coefficient (Wildman–Crippen LogP) is 6.62. The van der Waals surface area contributed by atoms with Crippen molar-refractivity contribution >= 4 is 39.9 Å². The van der Waals surface area contributed by atoms with Crippen molar-refractivity contribution in [2.45, 2.75) is 20.3 Å². The number of rotatable bonds is 7. The van der Waals surface area contributed by atoms with Gasteiger partial charge in [0.05, 0.1) is 24.4 Å². The summed E-state index contributed by atoms with van der Waals surface area (Å²) in [7, 11) is 0. The van der Waals surface area contributed by atoms with Crippen LogP contribution in [0.4, 0.5) is 26.4 Å². The van der Waals surface area contributed by atoms with Gasteiger partial charge in [-0.1, -0.05) is 18.2 Å². The van der Waals surface area contributed by atoms with Gasteiger partial charge >= 0.3 is 6.03 Å². The van der Waals surface area contributed by atoms with Crippen LogP contribution in [-0.2, 0) is 16.0 Å². The number of nitrogens with zero attached hydrogens (tertiary/aromatic N) is 3. The second-order valence-corrected chi connectivity index (χ2v) is 10.5. The number of urea groups is 1. The number of benzene rings is 3. The number of anilines is 3. The fourth-order valence-electron chi connectivity index (χ4n) is 5.03. The van der Waals surface area contributed by atoms with Crippen molar-refractivity contribution in [3.05, 3.63) is 89.9 Å². The maximum absolute atomic E-state index is 15.3. The molecule has 3 aromatic carbocycles. The first-order chi connectivity index (χ1) is 20.8. The third-order valence-electron chi connectivity index (χ3n) is 7.15. The quantitative estimate of drug-likeness (QED) is 0.223. The lowest BCUT2D eigenvalue weighted by Crippen LogP contribution is -2.37. The molecule has 1 fully saturated rings. The summed E-state index contributed by atoms with van der Waals surface area (Å²) in [5.74, 6) is 2.09. The highest BCUT2D eigenvalue weighted by Crippen LogP contribution is 2.33. The minimum atomic E-state index is -0.624. The Morgan fingerprint density at radius 3 is 2.37 bits per heavy atom. The summed E-state index contributed by atoms with van der Waals surface area (Å²) in [6.07, 6.45) is 0.323. The van der Waals surface area contributed by atoms with Crippen molar-refractivity contribution in [3.8, 4) is 22.7 Å². The van der Waals surface area contributed by atoms with Crippen LogP contribution < -0.4 is 15.5 Å². The highest BCUT2D eigenvalue weighted by atomic mass is 19.1. The first-order valence-electron chi connectivity index (χ1n) is 14.0. The highest BCUT2D eigenvalue weighted by Gasteiger charge is 2.20. The Labute approximate surface area is 247 Å². The van der Waals surface area contributed by atoms with Gasteiger partial charge in [-0.25, -0.2) is 19.2 Å². The number of morpholine rings is 1. The van der Waals surface area contributed by atoms with Gasteiger partial charge in [0.2, 0.25) is 0 Å². The van der Waals surface area contributed by atoms with E-state index in [9.17, 15) is 9.59 Å². The van der Waals surface area contributed by atoms with Crippen molar-refractivity contribution in [1.29, 1.82) is 0 Å². The van der Waals surface area contributed by atoms with E-state index < -0.39 is 11.8 Å².